The highest BCUT2D eigenvalue weighted by Crippen LogP contribution is 2.52. The van der Waals surface area contributed by atoms with Crippen LogP contribution in [0.15, 0.2) is 170 Å². The lowest BCUT2D eigenvalue weighted by Gasteiger charge is -2.33. The second-order valence-corrected chi connectivity index (χ2v) is 12.8. The molecule has 10 rings (SSSR count). The van der Waals surface area contributed by atoms with E-state index in [1.54, 1.807) is 0 Å². The molecule has 0 atom stereocenters. The van der Waals surface area contributed by atoms with Crippen LogP contribution in [0.2, 0.25) is 0 Å². The van der Waals surface area contributed by atoms with Gasteiger partial charge in [0.1, 0.15) is 6.07 Å². The molecule has 7 aromatic carbocycles. The quantitative estimate of drug-likeness (QED) is 0.180. The molecule has 0 amide bonds. The van der Waals surface area contributed by atoms with Crippen molar-refractivity contribution in [1.29, 1.82) is 5.26 Å². The predicted octanol–water partition coefficient (Wildman–Crippen LogP) is 11.4. The van der Waals surface area contributed by atoms with E-state index in [4.69, 9.17) is 19.7 Å². The van der Waals surface area contributed by atoms with Gasteiger partial charge < -0.3 is 14.2 Å². The summed E-state index contributed by atoms with van der Waals surface area (Å²) in [4.78, 5) is 16.9. The largest absolute Gasteiger partial charge is 0.453 e. The summed E-state index contributed by atoms with van der Waals surface area (Å²) in [7, 11) is 0. The minimum absolute atomic E-state index is 0.489. The maximum absolute atomic E-state index is 10.7. The Kier molecular flexibility index (Phi) is 7.05. The van der Waals surface area contributed by atoms with E-state index in [0.29, 0.717) is 23.0 Å². The van der Waals surface area contributed by atoms with E-state index >= 15 is 0 Å². The Morgan fingerprint density at radius 2 is 1.06 bits per heavy atom. The fourth-order valence-electron chi connectivity index (χ4n) is 7.23. The van der Waals surface area contributed by atoms with Crippen molar-refractivity contribution in [1.82, 2.24) is 19.5 Å². The van der Waals surface area contributed by atoms with Gasteiger partial charge in [-0.3, -0.25) is 0 Å². The average Bonchev–Trinajstić information content (AvgIpc) is 3.55. The SMILES string of the molecule is N#Cc1cc(-c2nc(-c3ccccc3)nc(-c3ccccc3)n2)ccc1-n1c2ccccc2c2cc3c(cc21)Oc1ccccc1N3c1ccccc1. The number of ether oxygens (including phenoxy) is 1. The van der Waals surface area contributed by atoms with Gasteiger partial charge in [-0.1, -0.05) is 109 Å². The molecule has 1 aliphatic rings. The molecule has 0 unspecified atom stereocenters. The molecular formula is C46H28N6O. The summed E-state index contributed by atoms with van der Waals surface area (Å²) < 4.78 is 8.77. The van der Waals surface area contributed by atoms with E-state index < -0.39 is 0 Å². The molecule has 3 heterocycles. The number of aromatic nitrogens is 4. The first-order valence-electron chi connectivity index (χ1n) is 17.3. The second-order valence-electron chi connectivity index (χ2n) is 12.8. The summed E-state index contributed by atoms with van der Waals surface area (Å²) >= 11 is 0. The van der Waals surface area contributed by atoms with Crippen LogP contribution in [-0.4, -0.2) is 19.5 Å². The standard InChI is InChI=1S/C46H28N6O/c47-29-33-26-32(46-49-44(30-14-4-1-5-15-30)48-45(50-46)31-16-6-2-7-17-31)24-25-37(33)52-38-21-11-10-20-35(38)36-27-41-43(28-40(36)52)53-42-23-13-12-22-39(42)51(41)34-18-8-3-9-19-34/h1-28H. The van der Waals surface area contributed by atoms with Crippen LogP contribution in [0.5, 0.6) is 11.5 Å². The number of rotatable bonds is 5. The van der Waals surface area contributed by atoms with Crippen LogP contribution in [0.25, 0.3) is 61.7 Å². The van der Waals surface area contributed by atoms with Crippen molar-refractivity contribution in [2.75, 3.05) is 4.90 Å². The van der Waals surface area contributed by atoms with Gasteiger partial charge in [0.25, 0.3) is 0 Å². The predicted molar refractivity (Wildman–Crippen MR) is 210 cm³/mol. The average molecular weight is 681 g/mol. The van der Waals surface area contributed by atoms with Crippen LogP contribution in [-0.2, 0) is 0 Å². The number of benzene rings is 7. The molecule has 9 aromatic rings. The number of para-hydroxylation sites is 4. The van der Waals surface area contributed by atoms with Crippen LogP contribution in [0.1, 0.15) is 5.56 Å². The van der Waals surface area contributed by atoms with Gasteiger partial charge in [0.15, 0.2) is 29.0 Å². The van der Waals surface area contributed by atoms with E-state index in [9.17, 15) is 5.26 Å². The molecule has 0 aliphatic carbocycles. The lowest BCUT2D eigenvalue weighted by molar-refractivity contribution is 0.477. The Hall–Kier alpha value is -7.56. The zero-order valence-corrected chi connectivity index (χ0v) is 28.3. The number of nitrogens with zero attached hydrogens (tertiary/aromatic N) is 6. The molecular weight excluding hydrogens is 653 g/mol. The molecule has 0 fully saturated rings. The maximum atomic E-state index is 10.7. The molecule has 1 aliphatic heterocycles. The number of fused-ring (bicyclic) bond motifs is 5. The first-order valence-corrected chi connectivity index (χ1v) is 17.3. The van der Waals surface area contributed by atoms with E-state index in [-0.39, 0.29) is 0 Å². The Morgan fingerprint density at radius 1 is 0.453 bits per heavy atom. The van der Waals surface area contributed by atoms with Crippen molar-refractivity contribution < 1.29 is 4.74 Å². The molecule has 248 valence electrons. The van der Waals surface area contributed by atoms with Gasteiger partial charge in [-0.05, 0) is 54.6 Å². The molecule has 0 spiro atoms. The van der Waals surface area contributed by atoms with Crippen LogP contribution in [0.3, 0.4) is 0 Å². The van der Waals surface area contributed by atoms with Crippen molar-refractivity contribution in [3.63, 3.8) is 0 Å². The summed E-state index contributed by atoms with van der Waals surface area (Å²) in [5.41, 5.74) is 8.60. The van der Waals surface area contributed by atoms with Crippen molar-refractivity contribution in [2.24, 2.45) is 0 Å². The first kappa shape index (κ1) is 30.3. The van der Waals surface area contributed by atoms with Crippen molar-refractivity contribution in [3.8, 4) is 57.4 Å². The zero-order chi connectivity index (χ0) is 35.3. The Balaban J connectivity index is 1.16. The highest BCUT2D eigenvalue weighted by molar-refractivity contribution is 6.12. The smallest absolute Gasteiger partial charge is 0.164 e. The Morgan fingerprint density at radius 3 is 1.75 bits per heavy atom. The van der Waals surface area contributed by atoms with Crippen LogP contribution in [0.4, 0.5) is 17.1 Å². The fourth-order valence-corrected chi connectivity index (χ4v) is 7.23. The molecule has 0 radical (unpaired) electrons. The van der Waals surface area contributed by atoms with Gasteiger partial charge in [0.05, 0.1) is 33.7 Å². The lowest BCUT2D eigenvalue weighted by atomic mass is 10.1. The summed E-state index contributed by atoms with van der Waals surface area (Å²) in [6.07, 6.45) is 0. The van der Waals surface area contributed by atoms with Gasteiger partial charge in [0, 0.05) is 39.2 Å². The van der Waals surface area contributed by atoms with E-state index in [1.807, 2.05) is 121 Å². The summed E-state index contributed by atoms with van der Waals surface area (Å²) in [6.45, 7) is 0. The van der Waals surface area contributed by atoms with E-state index in [0.717, 1.165) is 72.7 Å². The molecule has 0 N–H and O–H groups in total. The Bertz CT molecular complexity index is 2820. The first-order chi connectivity index (χ1) is 26.2. The maximum Gasteiger partial charge on any atom is 0.164 e. The summed E-state index contributed by atoms with van der Waals surface area (Å²) in [5.74, 6) is 3.12. The highest BCUT2D eigenvalue weighted by Gasteiger charge is 2.28. The monoisotopic (exact) mass is 680 g/mol. The molecule has 0 saturated heterocycles. The number of hydrogen-bond acceptors (Lipinski definition) is 6. The third-order valence-electron chi connectivity index (χ3n) is 9.65. The molecule has 0 bridgehead atoms. The Labute approximate surface area is 305 Å². The van der Waals surface area contributed by atoms with Crippen LogP contribution >= 0.6 is 0 Å². The fraction of sp³-hybridized carbons (Fsp3) is 0. The topological polar surface area (TPSA) is 79.9 Å². The second kappa shape index (κ2) is 12.3. The van der Waals surface area contributed by atoms with E-state index in [1.165, 1.54) is 0 Å². The number of hydrogen-bond donors (Lipinski definition) is 0. The molecule has 53 heavy (non-hydrogen) atoms. The minimum Gasteiger partial charge on any atom is -0.453 e. The third-order valence-corrected chi connectivity index (χ3v) is 9.65. The molecule has 7 nitrogen and oxygen atoms in total. The van der Waals surface area contributed by atoms with Crippen LogP contribution in [0, 0.1) is 11.3 Å². The minimum atomic E-state index is 0.489. The van der Waals surface area contributed by atoms with Gasteiger partial charge >= 0.3 is 0 Å². The van der Waals surface area contributed by atoms with Gasteiger partial charge in [-0.15, -0.1) is 0 Å². The van der Waals surface area contributed by atoms with Crippen molar-refractivity contribution in [2.45, 2.75) is 0 Å². The highest BCUT2D eigenvalue weighted by atomic mass is 16.5. The summed E-state index contributed by atoms with van der Waals surface area (Å²) in [6, 6.07) is 59.1. The number of anilines is 3. The molecule has 2 aromatic heterocycles. The van der Waals surface area contributed by atoms with Crippen molar-refractivity contribution in [3.05, 3.63) is 175 Å². The van der Waals surface area contributed by atoms with Crippen LogP contribution < -0.4 is 9.64 Å². The molecule has 7 heteroatoms. The van der Waals surface area contributed by atoms with Gasteiger partial charge in [0.2, 0.25) is 0 Å². The third kappa shape index (κ3) is 5.09. The van der Waals surface area contributed by atoms with Gasteiger partial charge in [-0.25, -0.2) is 15.0 Å². The molecule has 0 saturated carbocycles. The van der Waals surface area contributed by atoms with E-state index in [2.05, 4.69) is 64.1 Å². The zero-order valence-electron chi connectivity index (χ0n) is 28.3. The van der Waals surface area contributed by atoms with Gasteiger partial charge in [-0.2, -0.15) is 5.26 Å². The lowest BCUT2D eigenvalue weighted by Crippen LogP contribution is -2.15. The normalized spacial score (nSPS) is 11.9. The number of nitriles is 1. The summed E-state index contributed by atoms with van der Waals surface area (Å²) in [5, 5.41) is 12.8. The van der Waals surface area contributed by atoms with Crippen molar-refractivity contribution >= 4 is 38.9 Å².